The molecule has 100 valence electrons. The molecule has 1 aromatic rings. The normalized spacial score (nSPS) is 12.0. The number of hydrazine groups is 1. The van der Waals surface area contributed by atoms with E-state index in [1.165, 1.54) is 0 Å². The number of nitrogens with zero attached hydrogens (tertiary/aromatic N) is 1. The SMILES string of the molecule is CCSCC(C)NC(=O)c1cnc(C)cc1NN. The van der Waals surface area contributed by atoms with Gasteiger partial charge in [0, 0.05) is 23.7 Å². The van der Waals surface area contributed by atoms with Crippen LogP contribution in [-0.2, 0) is 0 Å². The first-order valence-corrected chi connectivity index (χ1v) is 7.05. The van der Waals surface area contributed by atoms with E-state index in [0.29, 0.717) is 11.3 Å². The Morgan fingerprint density at radius 2 is 2.33 bits per heavy atom. The summed E-state index contributed by atoms with van der Waals surface area (Å²) in [5.74, 6) is 7.19. The highest BCUT2D eigenvalue weighted by Crippen LogP contribution is 2.14. The maximum absolute atomic E-state index is 12.1. The van der Waals surface area contributed by atoms with Crippen LogP contribution in [0.1, 0.15) is 29.9 Å². The highest BCUT2D eigenvalue weighted by atomic mass is 32.2. The van der Waals surface area contributed by atoms with Crippen LogP contribution in [0.3, 0.4) is 0 Å². The van der Waals surface area contributed by atoms with Crippen LogP contribution in [0.25, 0.3) is 0 Å². The predicted molar refractivity (Wildman–Crippen MR) is 76.7 cm³/mol. The zero-order valence-corrected chi connectivity index (χ0v) is 11.8. The molecule has 1 rings (SSSR count). The van der Waals surface area contributed by atoms with Gasteiger partial charge in [0.05, 0.1) is 11.3 Å². The quantitative estimate of drug-likeness (QED) is 0.539. The van der Waals surface area contributed by atoms with E-state index in [9.17, 15) is 4.79 Å². The summed E-state index contributed by atoms with van der Waals surface area (Å²) in [6.07, 6.45) is 1.54. The third kappa shape index (κ3) is 4.19. The number of hydrogen-bond donors (Lipinski definition) is 3. The number of rotatable bonds is 6. The summed E-state index contributed by atoms with van der Waals surface area (Å²) in [5, 5.41) is 2.93. The Morgan fingerprint density at radius 1 is 1.61 bits per heavy atom. The third-order valence-corrected chi connectivity index (χ3v) is 3.53. The molecule has 1 unspecified atom stereocenters. The highest BCUT2D eigenvalue weighted by molar-refractivity contribution is 7.99. The molecule has 0 aliphatic rings. The molecule has 0 aliphatic carbocycles. The van der Waals surface area contributed by atoms with Gasteiger partial charge in [-0.2, -0.15) is 11.8 Å². The number of nitrogen functional groups attached to an aromatic ring is 1. The fourth-order valence-electron chi connectivity index (χ4n) is 1.50. The maximum atomic E-state index is 12.1. The Kier molecular flexibility index (Phi) is 5.94. The molecule has 0 spiro atoms. The van der Waals surface area contributed by atoms with Crippen molar-refractivity contribution in [3.05, 3.63) is 23.5 Å². The van der Waals surface area contributed by atoms with Crippen molar-refractivity contribution in [2.45, 2.75) is 26.8 Å². The zero-order chi connectivity index (χ0) is 13.5. The molecule has 0 saturated heterocycles. The monoisotopic (exact) mass is 268 g/mol. The molecule has 0 fully saturated rings. The molecule has 6 heteroatoms. The van der Waals surface area contributed by atoms with Crippen LogP contribution in [0, 0.1) is 6.92 Å². The van der Waals surface area contributed by atoms with Gasteiger partial charge in [-0.3, -0.25) is 15.6 Å². The van der Waals surface area contributed by atoms with E-state index in [1.54, 1.807) is 24.0 Å². The number of carbonyl (C=O) groups excluding carboxylic acids is 1. The molecule has 4 N–H and O–H groups in total. The summed E-state index contributed by atoms with van der Waals surface area (Å²) in [6, 6.07) is 1.87. The fraction of sp³-hybridized carbons (Fsp3) is 0.500. The molecule has 0 radical (unpaired) electrons. The Bertz CT molecular complexity index is 411. The Balaban J connectivity index is 2.72. The van der Waals surface area contributed by atoms with E-state index in [-0.39, 0.29) is 11.9 Å². The van der Waals surface area contributed by atoms with Gasteiger partial charge in [-0.05, 0) is 25.7 Å². The van der Waals surface area contributed by atoms with Gasteiger partial charge >= 0.3 is 0 Å². The van der Waals surface area contributed by atoms with E-state index in [2.05, 4.69) is 22.7 Å². The molecule has 18 heavy (non-hydrogen) atoms. The maximum Gasteiger partial charge on any atom is 0.255 e. The van der Waals surface area contributed by atoms with Gasteiger partial charge in [-0.1, -0.05) is 6.92 Å². The number of thioether (sulfide) groups is 1. The molecule has 1 heterocycles. The van der Waals surface area contributed by atoms with Crippen molar-refractivity contribution in [2.24, 2.45) is 5.84 Å². The van der Waals surface area contributed by atoms with E-state index >= 15 is 0 Å². The third-order valence-electron chi connectivity index (χ3n) is 2.39. The van der Waals surface area contributed by atoms with Crippen molar-refractivity contribution in [3.63, 3.8) is 0 Å². The number of amides is 1. The molecular formula is C12H20N4OS. The second kappa shape index (κ2) is 7.23. The van der Waals surface area contributed by atoms with Gasteiger partial charge in [0.25, 0.3) is 5.91 Å². The fourth-order valence-corrected chi connectivity index (χ4v) is 2.17. The summed E-state index contributed by atoms with van der Waals surface area (Å²) < 4.78 is 0. The molecule has 0 saturated carbocycles. The second-order valence-corrected chi connectivity index (χ2v) is 5.37. The van der Waals surface area contributed by atoms with E-state index < -0.39 is 0 Å². The van der Waals surface area contributed by atoms with Crippen LogP contribution in [-0.4, -0.2) is 28.4 Å². The molecule has 1 atom stereocenters. The number of anilines is 1. The largest absolute Gasteiger partial charge is 0.349 e. The number of aryl methyl sites for hydroxylation is 1. The first-order chi connectivity index (χ1) is 8.58. The molecule has 1 aromatic heterocycles. The minimum Gasteiger partial charge on any atom is -0.349 e. The van der Waals surface area contributed by atoms with Crippen LogP contribution >= 0.6 is 11.8 Å². The number of nitrogens with two attached hydrogens (primary N) is 1. The lowest BCUT2D eigenvalue weighted by Crippen LogP contribution is -2.35. The van der Waals surface area contributed by atoms with E-state index in [4.69, 9.17) is 5.84 Å². The summed E-state index contributed by atoms with van der Waals surface area (Å²) in [4.78, 5) is 16.2. The molecule has 0 aromatic carbocycles. The van der Waals surface area contributed by atoms with Crippen molar-refractivity contribution >= 4 is 23.4 Å². The van der Waals surface area contributed by atoms with E-state index in [0.717, 1.165) is 17.2 Å². The molecule has 1 amide bonds. The van der Waals surface area contributed by atoms with Crippen LogP contribution in [0.15, 0.2) is 12.3 Å². The zero-order valence-electron chi connectivity index (χ0n) is 11.0. The van der Waals surface area contributed by atoms with Gasteiger partial charge in [0.2, 0.25) is 0 Å². The van der Waals surface area contributed by atoms with Crippen LogP contribution in [0.5, 0.6) is 0 Å². The van der Waals surface area contributed by atoms with Crippen molar-refractivity contribution < 1.29 is 4.79 Å². The summed E-state index contributed by atoms with van der Waals surface area (Å²) >= 11 is 1.80. The minimum absolute atomic E-state index is 0.120. The van der Waals surface area contributed by atoms with Crippen molar-refractivity contribution in [2.75, 3.05) is 16.9 Å². The lowest BCUT2D eigenvalue weighted by atomic mass is 10.2. The van der Waals surface area contributed by atoms with Crippen LogP contribution in [0.2, 0.25) is 0 Å². The first kappa shape index (κ1) is 14.8. The number of pyridine rings is 1. The lowest BCUT2D eigenvalue weighted by molar-refractivity contribution is 0.0944. The van der Waals surface area contributed by atoms with Crippen LogP contribution < -0.4 is 16.6 Å². The Morgan fingerprint density at radius 3 is 2.94 bits per heavy atom. The topological polar surface area (TPSA) is 80.0 Å². The standard InChI is InChI=1S/C12H20N4OS/c1-4-18-7-9(3)15-12(17)10-6-14-8(2)5-11(10)16-13/h5-6,9H,4,7,13H2,1-3H3,(H,14,16)(H,15,17). The van der Waals surface area contributed by atoms with Gasteiger partial charge in [-0.25, -0.2) is 0 Å². The molecule has 5 nitrogen and oxygen atoms in total. The molecule has 0 aliphatic heterocycles. The van der Waals surface area contributed by atoms with Crippen molar-refractivity contribution in [3.8, 4) is 0 Å². The van der Waals surface area contributed by atoms with E-state index in [1.807, 2.05) is 13.8 Å². The van der Waals surface area contributed by atoms with Crippen molar-refractivity contribution in [1.29, 1.82) is 0 Å². The Hall–Kier alpha value is -1.27. The average molecular weight is 268 g/mol. The van der Waals surface area contributed by atoms with Gasteiger partial charge in [-0.15, -0.1) is 0 Å². The number of aromatic nitrogens is 1. The Labute approximate surface area is 112 Å². The smallest absolute Gasteiger partial charge is 0.255 e. The van der Waals surface area contributed by atoms with Gasteiger partial charge < -0.3 is 10.7 Å². The number of nitrogens with one attached hydrogen (secondary N) is 2. The highest BCUT2D eigenvalue weighted by Gasteiger charge is 2.14. The van der Waals surface area contributed by atoms with Gasteiger partial charge in [0.15, 0.2) is 0 Å². The minimum atomic E-state index is -0.153. The predicted octanol–water partition coefficient (Wildman–Crippen LogP) is 1.55. The van der Waals surface area contributed by atoms with Crippen LogP contribution in [0.4, 0.5) is 5.69 Å². The summed E-state index contributed by atoms with van der Waals surface area (Å²) in [5.41, 5.74) is 4.40. The molecule has 0 bridgehead atoms. The number of carbonyl (C=O) groups is 1. The van der Waals surface area contributed by atoms with Crippen molar-refractivity contribution in [1.82, 2.24) is 10.3 Å². The molecular weight excluding hydrogens is 248 g/mol. The summed E-state index contributed by atoms with van der Waals surface area (Å²) in [7, 11) is 0. The first-order valence-electron chi connectivity index (χ1n) is 5.90. The summed E-state index contributed by atoms with van der Waals surface area (Å²) in [6.45, 7) is 5.93. The van der Waals surface area contributed by atoms with Gasteiger partial charge in [0.1, 0.15) is 0 Å². The lowest BCUT2D eigenvalue weighted by Gasteiger charge is -2.15. The number of hydrogen-bond acceptors (Lipinski definition) is 5. The average Bonchev–Trinajstić information content (AvgIpc) is 2.35. The second-order valence-electron chi connectivity index (χ2n) is 4.05.